The van der Waals surface area contributed by atoms with Crippen LogP contribution in [0.3, 0.4) is 0 Å². The third kappa shape index (κ3) is 4.55. The predicted octanol–water partition coefficient (Wildman–Crippen LogP) is 2.72. The van der Waals surface area contributed by atoms with Crippen LogP contribution in [0, 0.1) is 5.92 Å². The Kier molecular flexibility index (Phi) is 6.02. The molecule has 1 fully saturated rings. The average molecular weight is 340 g/mol. The van der Waals surface area contributed by atoms with E-state index >= 15 is 0 Å². The van der Waals surface area contributed by atoms with Crippen LogP contribution in [-0.4, -0.2) is 50.1 Å². The first-order valence-electron chi connectivity index (χ1n) is 7.43. The molecule has 20 heavy (non-hydrogen) atoms. The summed E-state index contributed by atoms with van der Waals surface area (Å²) in [5.74, 6) is 0.824. The van der Waals surface area contributed by atoms with E-state index in [1.54, 1.807) is 0 Å². The fraction of sp³-hybridized carbons (Fsp3) is 0.625. The van der Waals surface area contributed by atoms with Crippen LogP contribution < -0.4 is 5.73 Å². The Hall–Kier alpha value is -0.420. The molecule has 1 aromatic rings. The van der Waals surface area contributed by atoms with Gasteiger partial charge in [-0.05, 0) is 57.6 Å². The lowest BCUT2D eigenvalue weighted by Gasteiger charge is -2.23. The molecule has 2 unspecified atom stereocenters. The molecule has 0 amide bonds. The fourth-order valence-corrected chi connectivity index (χ4v) is 3.58. The summed E-state index contributed by atoms with van der Waals surface area (Å²) in [4.78, 5) is 4.85. The summed E-state index contributed by atoms with van der Waals surface area (Å²) in [5, 5.41) is 0. The smallest absolute Gasteiger partial charge is 0.0318 e. The molecule has 0 spiro atoms. The van der Waals surface area contributed by atoms with Crippen LogP contribution in [0.15, 0.2) is 28.7 Å². The zero-order valence-electron chi connectivity index (χ0n) is 12.6. The molecule has 1 aliphatic rings. The van der Waals surface area contributed by atoms with Gasteiger partial charge in [0.05, 0.1) is 0 Å². The summed E-state index contributed by atoms with van der Waals surface area (Å²) >= 11 is 3.58. The summed E-state index contributed by atoms with van der Waals surface area (Å²) in [5.41, 5.74) is 7.52. The summed E-state index contributed by atoms with van der Waals surface area (Å²) in [6, 6.07) is 8.37. The van der Waals surface area contributed by atoms with Crippen molar-refractivity contribution in [3.63, 3.8) is 0 Å². The molecule has 1 heterocycles. The highest BCUT2D eigenvalue weighted by molar-refractivity contribution is 9.10. The molecular formula is C16H26BrN3. The van der Waals surface area contributed by atoms with Crippen LogP contribution in [0.2, 0.25) is 0 Å². The van der Waals surface area contributed by atoms with Crippen LogP contribution >= 0.6 is 15.9 Å². The van der Waals surface area contributed by atoms with Crippen molar-refractivity contribution >= 4 is 15.9 Å². The van der Waals surface area contributed by atoms with Crippen molar-refractivity contribution in [2.75, 3.05) is 40.3 Å². The van der Waals surface area contributed by atoms with Gasteiger partial charge in [0, 0.05) is 23.6 Å². The first-order chi connectivity index (χ1) is 9.56. The van der Waals surface area contributed by atoms with Gasteiger partial charge >= 0.3 is 0 Å². The molecule has 1 aromatic carbocycles. The molecule has 0 aliphatic carbocycles. The van der Waals surface area contributed by atoms with E-state index in [-0.39, 0.29) is 6.04 Å². The molecule has 0 radical (unpaired) electrons. The van der Waals surface area contributed by atoms with Gasteiger partial charge in [0.2, 0.25) is 0 Å². The van der Waals surface area contributed by atoms with E-state index in [0.717, 1.165) is 23.4 Å². The fourth-order valence-electron chi connectivity index (χ4n) is 3.00. The molecule has 0 aromatic heterocycles. The van der Waals surface area contributed by atoms with Crippen molar-refractivity contribution in [2.24, 2.45) is 11.7 Å². The summed E-state index contributed by atoms with van der Waals surface area (Å²) < 4.78 is 1.12. The summed E-state index contributed by atoms with van der Waals surface area (Å²) in [6.07, 6.45) is 2.33. The van der Waals surface area contributed by atoms with Crippen LogP contribution in [-0.2, 0) is 0 Å². The minimum Gasteiger partial charge on any atom is -0.324 e. The van der Waals surface area contributed by atoms with Gasteiger partial charge in [-0.2, -0.15) is 0 Å². The van der Waals surface area contributed by atoms with Crippen LogP contribution in [0.5, 0.6) is 0 Å². The quantitative estimate of drug-likeness (QED) is 0.864. The molecule has 0 saturated carbocycles. The number of halogens is 1. The predicted molar refractivity (Wildman–Crippen MR) is 88.8 cm³/mol. The Balaban J connectivity index is 1.75. The SMILES string of the molecule is CN1CCC(CN(C)CCC(N)c2ccccc2Br)C1. The largest absolute Gasteiger partial charge is 0.324 e. The number of benzene rings is 1. The lowest BCUT2D eigenvalue weighted by atomic mass is 10.0. The molecule has 0 bridgehead atoms. The van der Waals surface area contributed by atoms with E-state index in [0.29, 0.717) is 0 Å². The molecule has 4 heteroatoms. The number of likely N-dealkylation sites (tertiary alicyclic amines) is 1. The van der Waals surface area contributed by atoms with E-state index in [1.807, 2.05) is 6.07 Å². The molecule has 112 valence electrons. The van der Waals surface area contributed by atoms with Gasteiger partial charge in [-0.1, -0.05) is 34.1 Å². The topological polar surface area (TPSA) is 32.5 Å². The Morgan fingerprint density at radius 3 is 2.85 bits per heavy atom. The lowest BCUT2D eigenvalue weighted by molar-refractivity contribution is 0.265. The van der Waals surface area contributed by atoms with E-state index in [1.165, 1.54) is 31.6 Å². The van der Waals surface area contributed by atoms with Crippen molar-refractivity contribution in [1.82, 2.24) is 9.80 Å². The Bertz CT molecular complexity index is 424. The van der Waals surface area contributed by atoms with Crippen LogP contribution in [0.25, 0.3) is 0 Å². The Morgan fingerprint density at radius 2 is 2.20 bits per heavy atom. The van der Waals surface area contributed by atoms with Crippen molar-refractivity contribution < 1.29 is 0 Å². The maximum absolute atomic E-state index is 6.31. The molecule has 1 aliphatic heterocycles. The second-order valence-electron chi connectivity index (χ2n) is 6.10. The number of rotatable bonds is 6. The van der Waals surface area contributed by atoms with Gasteiger partial charge in [-0.15, -0.1) is 0 Å². The number of nitrogens with zero attached hydrogens (tertiary/aromatic N) is 2. The molecule has 1 saturated heterocycles. The number of hydrogen-bond donors (Lipinski definition) is 1. The minimum atomic E-state index is 0.110. The molecule has 2 atom stereocenters. The van der Waals surface area contributed by atoms with Crippen LogP contribution in [0.1, 0.15) is 24.4 Å². The van der Waals surface area contributed by atoms with Gasteiger partial charge < -0.3 is 15.5 Å². The van der Waals surface area contributed by atoms with Gasteiger partial charge in [-0.25, -0.2) is 0 Å². The third-order valence-electron chi connectivity index (χ3n) is 4.19. The second kappa shape index (κ2) is 7.55. The summed E-state index contributed by atoms with van der Waals surface area (Å²) in [6.45, 7) is 4.73. The van der Waals surface area contributed by atoms with Crippen molar-refractivity contribution in [3.8, 4) is 0 Å². The molecule has 2 rings (SSSR count). The van der Waals surface area contributed by atoms with E-state index in [4.69, 9.17) is 5.73 Å². The highest BCUT2D eigenvalue weighted by atomic mass is 79.9. The van der Waals surface area contributed by atoms with E-state index in [9.17, 15) is 0 Å². The second-order valence-corrected chi connectivity index (χ2v) is 6.95. The van der Waals surface area contributed by atoms with Gasteiger partial charge in [0.15, 0.2) is 0 Å². The first kappa shape index (κ1) is 16.0. The first-order valence-corrected chi connectivity index (χ1v) is 8.22. The monoisotopic (exact) mass is 339 g/mol. The Morgan fingerprint density at radius 1 is 1.45 bits per heavy atom. The highest BCUT2D eigenvalue weighted by Crippen LogP contribution is 2.24. The van der Waals surface area contributed by atoms with Crippen molar-refractivity contribution in [2.45, 2.75) is 18.9 Å². The normalized spacial score (nSPS) is 21.6. The standard InChI is InChI=1S/C16H26BrN3/c1-19-9-7-13(11-19)12-20(2)10-8-16(18)14-5-3-4-6-15(14)17/h3-6,13,16H,7-12,18H2,1-2H3. The maximum atomic E-state index is 6.31. The van der Waals surface area contributed by atoms with E-state index in [2.05, 4.69) is 58.0 Å². The van der Waals surface area contributed by atoms with Crippen LogP contribution in [0.4, 0.5) is 0 Å². The highest BCUT2D eigenvalue weighted by Gasteiger charge is 2.20. The van der Waals surface area contributed by atoms with Crippen molar-refractivity contribution in [1.29, 1.82) is 0 Å². The Labute approximate surface area is 131 Å². The molecular weight excluding hydrogens is 314 g/mol. The van der Waals surface area contributed by atoms with Gasteiger partial charge in [0.1, 0.15) is 0 Å². The number of hydrogen-bond acceptors (Lipinski definition) is 3. The van der Waals surface area contributed by atoms with Gasteiger partial charge in [0.25, 0.3) is 0 Å². The number of nitrogens with two attached hydrogens (primary N) is 1. The third-order valence-corrected chi connectivity index (χ3v) is 4.91. The van der Waals surface area contributed by atoms with E-state index < -0.39 is 0 Å². The average Bonchev–Trinajstić information content (AvgIpc) is 2.82. The van der Waals surface area contributed by atoms with Crippen molar-refractivity contribution in [3.05, 3.63) is 34.3 Å². The zero-order chi connectivity index (χ0) is 14.5. The lowest BCUT2D eigenvalue weighted by Crippen LogP contribution is -2.30. The maximum Gasteiger partial charge on any atom is 0.0318 e. The molecule has 3 nitrogen and oxygen atoms in total. The summed E-state index contributed by atoms with van der Waals surface area (Å²) in [7, 11) is 4.42. The molecule has 2 N–H and O–H groups in total. The van der Waals surface area contributed by atoms with Gasteiger partial charge in [-0.3, -0.25) is 0 Å². The zero-order valence-corrected chi connectivity index (χ0v) is 14.1. The minimum absolute atomic E-state index is 0.110.